The molecule has 5 heteroatoms. The predicted molar refractivity (Wildman–Crippen MR) is 78.5 cm³/mol. The topological polar surface area (TPSA) is 38.1 Å². The molecule has 20 heavy (non-hydrogen) atoms. The van der Waals surface area contributed by atoms with Gasteiger partial charge in [0.1, 0.15) is 17.2 Å². The Bertz CT molecular complexity index is 721. The highest BCUT2D eigenvalue weighted by Crippen LogP contribution is 2.31. The summed E-state index contributed by atoms with van der Waals surface area (Å²) in [6.45, 7) is 1.97. The molecule has 3 rings (SSSR count). The molecule has 0 spiro atoms. The van der Waals surface area contributed by atoms with Crippen LogP contribution in [-0.4, -0.2) is 12.0 Å². The van der Waals surface area contributed by atoms with Gasteiger partial charge in [-0.15, -0.1) is 11.3 Å². The Morgan fingerprint density at radius 2 is 2.30 bits per heavy atom. The average Bonchev–Trinajstić information content (AvgIpc) is 3.05. The summed E-state index contributed by atoms with van der Waals surface area (Å²) < 4.78 is 19.3. The molecule has 0 aliphatic rings. The highest BCUT2D eigenvalue weighted by molar-refractivity contribution is 7.09. The number of nitrogens with one attached hydrogen (secondary N) is 1. The van der Waals surface area contributed by atoms with Crippen LogP contribution in [0.15, 0.2) is 34.3 Å². The SMILES string of the molecule is CNC(Cc1cncs1)c1oc2ccc(F)cc2c1C. The van der Waals surface area contributed by atoms with E-state index in [1.54, 1.807) is 17.4 Å². The van der Waals surface area contributed by atoms with Gasteiger partial charge in [0.05, 0.1) is 11.6 Å². The zero-order chi connectivity index (χ0) is 14.1. The molecule has 1 N–H and O–H groups in total. The number of aryl methyl sites for hydroxylation is 1. The van der Waals surface area contributed by atoms with E-state index >= 15 is 0 Å². The lowest BCUT2D eigenvalue weighted by atomic mass is 10.0. The van der Waals surface area contributed by atoms with Crippen LogP contribution >= 0.6 is 11.3 Å². The number of aromatic nitrogens is 1. The van der Waals surface area contributed by atoms with Gasteiger partial charge in [-0.3, -0.25) is 4.98 Å². The number of thiazole rings is 1. The second-order valence-electron chi connectivity index (χ2n) is 4.74. The summed E-state index contributed by atoms with van der Waals surface area (Å²) in [7, 11) is 1.90. The van der Waals surface area contributed by atoms with Crippen molar-refractivity contribution in [1.82, 2.24) is 10.3 Å². The molecule has 0 radical (unpaired) electrons. The Labute approximate surface area is 120 Å². The molecule has 0 aliphatic carbocycles. The van der Waals surface area contributed by atoms with Gasteiger partial charge in [-0.05, 0) is 32.2 Å². The maximum Gasteiger partial charge on any atom is 0.134 e. The third-order valence-corrected chi connectivity index (χ3v) is 4.29. The lowest BCUT2D eigenvalue weighted by molar-refractivity contribution is 0.449. The van der Waals surface area contributed by atoms with Crippen molar-refractivity contribution in [2.24, 2.45) is 0 Å². The number of benzene rings is 1. The van der Waals surface area contributed by atoms with E-state index < -0.39 is 0 Å². The molecule has 0 amide bonds. The fourth-order valence-electron chi connectivity index (χ4n) is 2.41. The third kappa shape index (κ3) is 2.34. The van der Waals surface area contributed by atoms with Crippen LogP contribution in [0.4, 0.5) is 4.39 Å². The molecule has 0 saturated heterocycles. The molecule has 0 aliphatic heterocycles. The summed E-state index contributed by atoms with van der Waals surface area (Å²) in [6, 6.07) is 4.69. The number of rotatable bonds is 4. The maximum absolute atomic E-state index is 13.4. The summed E-state index contributed by atoms with van der Waals surface area (Å²) in [5.74, 6) is 0.623. The number of likely N-dealkylation sites (N-methyl/N-ethyl adjacent to an activating group) is 1. The molecule has 3 aromatic rings. The van der Waals surface area contributed by atoms with Crippen molar-refractivity contribution >= 4 is 22.3 Å². The molecule has 104 valence electrons. The summed E-state index contributed by atoms with van der Waals surface area (Å²) >= 11 is 1.62. The lowest BCUT2D eigenvalue weighted by Gasteiger charge is -2.13. The minimum Gasteiger partial charge on any atom is -0.459 e. The Morgan fingerprint density at radius 3 is 3.00 bits per heavy atom. The van der Waals surface area contributed by atoms with E-state index in [1.165, 1.54) is 17.0 Å². The van der Waals surface area contributed by atoms with Gasteiger partial charge in [0.2, 0.25) is 0 Å². The normalized spacial score (nSPS) is 12.9. The molecule has 0 bridgehead atoms. The van der Waals surface area contributed by atoms with E-state index in [2.05, 4.69) is 10.3 Å². The Kier molecular flexibility index (Phi) is 3.54. The first-order valence-corrected chi connectivity index (χ1v) is 7.30. The van der Waals surface area contributed by atoms with Gasteiger partial charge >= 0.3 is 0 Å². The summed E-state index contributed by atoms with van der Waals surface area (Å²) in [5, 5.41) is 4.10. The number of fused-ring (bicyclic) bond motifs is 1. The quantitative estimate of drug-likeness (QED) is 0.793. The van der Waals surface area contributed by atoms with Crippen LogP contribution in [-0.2, 0) is 6.42 Å². The van der Waals surface area contributed by atoms with E-state index in [9.17, 15) is 4.39 Å². The Balaban J connectivity index is 2.01. The second-order valence-corrected chi connectivity index (χ2v) is 5.72. The standard InChI is InChI=1S/C15H15FN2OS/c1-9-12-5-10(16)3-4-14(12)19-15(9)13(17-2)6-11-7-18-8-20-11/h3-5,7-8,13,17H,6H2,1-2H3. The van der Waals surface area contributed by atoms with Crippen molar-refractivity contribution in [1.29, 1.82) is 0 Å². The summed E-state index contributed by atoms with van der Waals surface area (Å²) in [6.07, 6.45) is 2.68. The van der Waals surface area contributed by atoms with Crippen molar-refractivity contribution in [2.75, 3.05) is 7.05 Å². The van der Waals surface area contributed by atoms with Crippen LogP contribution < -0.4 is 5.32 Å². The van der Waals surface area contributed by atoms with Gasteiger partial charge in [0.25, 0.3) is 0 Å². The molecule has 0 fully saturated rings. The minimum absolute atomic E-state index is 0.0610. The van der Waals surface area contributed by atoms with Gasteiger partial charge in [0.15, 0.2) is 0 Å². The zero-order valence-electron chi connectivity index (χ0n) is 11.3. The van der Waals surface area contributed by atoms with Gasteiger partial charge < -0.3 is 9.73 Å². The Morgan fingerprint density at radius 1 is 1.45 bits per heavy atom. The molecular formula is C15H15FN2OS. The van der Waals surface area contributed by atoms with Gasteiger partial charge in [-0.2, -0.15) is 0 Å². The third-order valence-electron chi connectivity index (χ3n) is 3.49. The van der Waals surface area contributed by atoms with Gasteiger partial charge in [-0.25, -0.2) is 4.39 Å². The van der Waals surface area contributed by atoms with E-state index in [-0.39, 0.29) is 11.9 Å². The van der Waals surface area contributed by atoms with E-state index in [0.29, 0.717) is 0 Å². The molecular weight excluding hydrogens is 275 g/mol. The van der Waals surface area contributed by atoms with Crippen molar-refractivity contribution in [2.45, 2.75) is 19.4 Å². The molecule has 3 nitrogen and oxygen atoms in total. The highest BCUT2D eigenvalue weighted by atomic mass is 32.1. The van der Waals surface area contributed by atoms with Crippen molar-refractivity contribution in [3.05, 3.63) is 51.9 Å². The summed E-state index contributed by atoms with van der Waals surface area (Å²) in [4.78, 5) is 5.28. The zero-order valence-corrected chi connectivity index (χ0v) is 12.1. The second kappa shape index (κ2) is 5.34. The van der Waals surface area contributed by atoms with Crippen LogP contribution in [0.25, 0.3) is 11.0 Å². The number of nitrogens with zero attached hydrogens (tertiary/aromatic N) is 1. The van der Waals surface area contributed by atoms with Crippen molar-refractivity contribution in [3.63, 3.8) is 0 Å². The van der Waals surface area contributed by atoms with Crippen LogP contribution in [0, 0.1) is 12.7 Å². The molecule has 0 saturated carbocycles. The molecule has 1 aromatic carbocycles. The van der Waals surface area contributed by atoms with Crippen molar-refractivity contribution in [3.8, 4) is 0 Å². The largest absolute Gasteiger partial charge is 0.459 e. The average molecular weight is 290 g/mol. The fourth-order valence-corrected chi connectivity index (χ4v) is 3.06. The molecule has 2 heterocycles. The van der Waals surface area contributed by atoms with Crippen molar-refractivity contribution < 1.29 is 8.81 Å². The van der Waals surface area contributed by atoms with Crippen LogP contribution in [0.3, 0.4) is 0 Å². The molecule has 1 atom stereocenters. The Hall–Kier alpha value is -1.72. The minimum atomic E-state index is -0.239. The van der Waals surface area contributed by atoms with Gasteiger partial charge in [0, 0.05) is 28.4 Å². The molecule has 1 unspecified atom stereocenters. The van der Waals surface area contributed by atoms with E-state index in [0.717, 1.165) is 28.7 Å². The number of furan rings is 1. The predicted octanol–water partition coefficient (Wildman–Crippen LogP) is 3.84. The van der Waals surface area contributed by atoms with E-state index in [1.807, 2.05) is 25.7 Å². The number of hydrogen-bond donors (Lipinski definition) is 1. The highest BCUT2D eigenvalue weighted by Gasteiger charge is 2.20. The number of halogens is 1. The number of hydrogen-bond acceptors (Lipinski definition) is 4. The monoisotopic (exact) mass is 290 g/mol. The molecule has 2 aromatic heterocycles. The smallest absolute Gasteiger partial charge is 0.134 e. The first-order valence-electron chi connectivity index (χ1n) is 6.42. The van der Waals surface area contributed by atoms with Crippen LogP contribution in [0.5, 0.6) is 0 Å². The van der Waals surface area contributed by atoms with Gasteiger partial charge in [-0.1, -0.05) is 0 Å². The fraction of sp³-hybridized carbons (Fsp3) is 0.267. The maximum atomic E-state index is 13.4. The van der Waals surface area contributed by atoms with Crippen LogP contribution in [0.1, 0.15) is 22.2 Å². The summed E-state index contributed by atoms with van der Waals surface area (Å²) in [5.41, 5.74) is 3.54. The first kappa shape index (κ1) is 13.3. The first-order chi connectivity index (χ1) is 9.69. The lowest BCUT2D eigenvalue weighted by Crippen LogP contribution is -2.18. The van der Waals surface area contributed by atoms with Crippen LogP contribution in [0.2, 0.25) is 0 Å². The van der Waals surface area contributed by atoms with E-state index in [4.69, 9.17) is 4.42 Å².